The molecule has 9 heavy (non-hydrogen) atoms. The summed E-state index contributed by atoms with van der Waals surface area (Å²) in [4.78, 5) is 0. The van der Waals surface area contributed by atoms with Crippen LogP contribution in [0.1, 0.15) is 32.1 Å². The Morgan fingerprint density at radius 3 is 2.44 bits per heavy atom. The lowest BCUT2D eigenvalue weighted by Gasteiger charge is -2.15. The summed E-state index contributed by atoms with van der Waals surface area (Å²) in [6, 6.07) is 0. The molecule has 2 nitrogen and oxygen atoms in total. The van der Waals surface area contributed by atoms with Gasteiger partial charge in [-0.1, -0.05) is 19.3 Å². The zero-order valence-electron chi connectivity index (χ0n) is 5.71. The molecule has 0 aliphatic heterocycles. The molecule has 0 N–H and O–H groups in total. The van der Waals surface area contributed by atoms with Gasteiger partial charge in [-0.05, 0) is 12.8 Å². The van der Waals surface area contributed by atoms with Crippen molar-refractivity contribution in [2.45, 2.75) is 32.1 Å². The second-order valence-electron chi connectivity index (χ2n) is 2.83. The molecule has 0 unspecified atom stereocenters. The van der Waals surface area contributed by atoms with Gasteiger partial charge in [0.1, 0.15) is 0 Å². The van der Waals surface area contributed by atoms with Crippen LogP contribution >= 0.6 is 0 Å². The van der Waals surface area contributed by atoms with Crippen molar-refractivity contribution < 1.29 is 0 Å². The van der Waals surface area contributed by atoms with E-state index in [9.17, 15) is 0 Å². The highest BCUT2D eigenvalue weighted by Crippen LogP contribution is 2.22. The summed E-state index contributed by atoms with van der Waals surface area (Å²) in [5.74, 6) is 8.93. The van der Waals surface area contributed by atoms with Gasteiger partial charge in [0.25, 0.3) is 5.84 Å². The van der Waals surface area contributed by atoms with Crippen LogP contribution < -0.4 is 11.3 Å². The summed E-state index contributed by atoms with van der Waals surface area (Å²) in [7, 11) is 0. The van der Waals surface area contributed by atoms with Gasteiger partial charge in [-0.2, -0.15) is 0 Å². The minimum Gasteiger partial charge on any atom is -0.0533 e. The molecule has 0 spiro atoms. The molecule has 0 atom stereocenters. The summed E-state index contributed by atoms with van der Waals surface area (Å²) in [5, 5.41) is 0. The van der Waals surface area contributed by atoms with Crippen LogP contribution in [0.15, 0.2) is 0 Å². The van der Waals surface area contributed by atoms with Crippen molar-refractivity contribution in [3.8, 4) is 0 Å². The van der Waals surface area contributed by atoms with Gasteiger partial charge in [0, 0.05) is 5.92 Å². The van der Waals surface area contributed by atoms with Crippen LogP contribution in [0.25, 0.3) is 0 Å². The van der Waals surface area contributed by atoms with Gasteiger partial charge in [-0.15, -0.1) is 0 Å². The third kappa shape index (κ3) is 2.33. The molecule has 1 aliphatic carbocycles. The molecular formula is C7H13N2+. The van der Waals surface area contributed by atoms with Gasteiger partial charge in [0.2, 0.25) is 12.0 Å². The van der Waals surface area contributed by atoms with Gasteiger partial charge in [0.05, 0.1) is 0 Å². The van der Waals surface area contributed by atoms with Crippen molar-refractivity contribution in [2.24, 2.45) is 5.92 Å². The zero-order valence-corrected chi connectivity index (χ0v) is 5.71. The quantitative estimate of drug-likeness (QED) is 0.496. The van der Waals surface area contributed by atoms with E-state index in [4.69, 9.17) is 5.84 Å². The van der Waals surface area contributed by atoms with E-state index in [1.165, 1.54) is 32.1 Å². The van der Waals surface area contributed by atoms with Gasteiger partial charge >= 0.3 is 0 Å². The van der Waals surface area contributed by atoms with E-state index in [2.05, 4.69) is 5.43 Å². The van der Waals surface area contributed by atoms with Crippen LogP contribution in [0.3, 0.4) is 0 Å². The lowest BCUT2D eigenvalue weighted by molar-refractivity contribution is 0.340. The van der Waals surface area contributed by atoms with Crippen molar-refractivity contribution in [1.82, 2.24) is 11.3 Å². The van der Waals surface area contributed by atoms with Crippen molar-refractivity contribution in [3.63, 3.8) is 0 Å². The Bertz CT molecular complexity index is 64.6. The normalized spacial score (nSPS) is 22.3. The molecule has 4 radical (unpaired) electrons. The molecule has 0 aromatic carbocycles. The summed E-state index contributed by atoms with van der Waals surface area (Å²) >= 11 is 0. The Kier molecular flexibility index (Phi) is 3.01. The standard InChI is InChI=1S/C7H13N2/c8-9-6-7-4-2-1-3-5-7/h7H,1-6H2/q+1. The summed E-state index contributed by atoms with van der Waals surface area (Å²) in [6.45, 7) is 0.667. The lowest BCUT2D eigenvalue weighted by atomic mass is 9.89. The maximum atomic E-state index is 8.24. The highest BCUT2D eigenvalue weighted by atomic mass is 15.2. The average molecular weight is 125 g/mol. The molecule has 0 aromatic heterocycles. The van der Waals surface area contributed by atoms with Crippen LogP contribution in [0, 0.1) is 5.92 Å². The average Bonchev–Trinajstić information content (AvgIpc) is 1.91. The fraction of sp³-hybridized carbons (Fsp3) is 1.00. The Balaban J connectivity index is 2.08. The molecule has 1 aliphatic rings. The van der Waals surface area contributed by atoms with E-state index in [1.54, 1.807) is 0 Å². The molecule has 1 saturated carbocycles. The first-order valence-corrected chi connectivity index (χ1v) is 3.74. The van der Waals surface area contributed by atoms with E-state index >= 15 is 0 Å². The van der Waals surface area contributed by atoms with Crippen LogP contribution in [-0.4, -0.2) is 6.54 Å². The topological polar surface area (TPSA) is 36.4 Å². The molecule has 1 rings (SSSR count). The van der Waals surface area contributed by atoms with Crippen molar-refractivity contribution in [2.75, 3.05) is 6.54 Å². The van der Waals surface area contributed by atoms with Gasteiger partial charge < -0.3 is 0 Å². The monoisotopic (exact) mass is 125 g/mol. The first kappa shape index (κ1) is 7.03. The molecule has 1 fully saturated rings. The molecule has 0 aromatic rings. The lowest BCUT2D eigenvalue weighted by Crippen LogP contribution is -2.17. The van der Waals surface area contributed by atoms with Crippen LogP contribution in [0.4, 0.5) is 0 Å². The van der Waals surface area contributed by atoms with Gasteiger partial charge in [-0.3, -0.25) is 0 Å². The minimum absolute atomic E-state index is 0.667. The maximum absolute atomic E-state index is 8.24. The molecule has 0 bridgehead atoms. The number of hydrogen-bond donors (Lipinski definition) is 0. The maximum Gasteiger partial charge on any atom is 0.265 e. The van der Waals surface area contributed by atoms with Crippen LogP contribution in [0.2, 0.25) is 0 Å². The SMILES string of the molecule is [N][N+]CC1CCCCC1. The first-order chi connectivity index (χ1) is 4.43. The Hall–Kier alpha value is -0.0800. The van der Waals surface area contributed by atoms with Crippen LogP contribution in [0.5, 0.6) is 0 Å². The largest absolute Gasteiger partial charge is 0.265 e. The van der Waals surface area contributed by atoms with E-state index < -0.39 is 0 Å². The summed E-state index contributed by atoms with van der Waals surface area (Å²) in [6.07, 6.45) is 6.58. The van der Waals surface area contributed by atoms with Crippen LogP contribution in [-0.2, 0) is 0 Å². The number of rotatable bonds is 2. The fourth-order valence-corrected chi connectivity index (χ4v) is 1.49. The second kappa shape index (κ2) is 3.85. The van der Waals surface area contributed by atoms with E-state index in [1.807, 2.05) is 0 Å². The Morgan fingerprint density at radius 1 is 1.22 bits per heavy atom. The molecule has 2 heteroatoms. The smallest absolute Gasteiger partial charge is 0.0533 e. The van der Waals surface area contributed by atoms with Gasteiger partial charge in [-0.25, -0.2) is 0 Å². The van der Waals surface area contributed by atoms with E-state index in [0.29, 0.717) is 12.5 Å². The fourth-order valence-electron chi connectivity index (χ4n) is 1.49. The van der Waals surface area contributed by atoms with Crippen molar-refractivity contribution in [1.29, 1.82) is 0 Å². The molecule has 0 heterocycles. The third-order valence-corrected chi connectivity index (χ3v) is 2.06. The molecular weight excluding hydrogens is 112 g/mol. The number of hydrogen-bond acceptors (Lipinski definition) is 0. The highest BCUT2D eigenvalue weighted by Gasteiger charge is 2.18. The number of nitrogens with zero attached hydrogens (tertiary/aromatic N) is 2. The van der Waals surface area contributed by atoms with E-state index in [-0.39, 0.29) is 0 Å². The third-order valence-electron chi connectivity index (χ3n) is 2.06. The Labute approximate surface area is 56.8 Å². The predicted octanol–water partition coefficient (Wildman–Crippen LogP) is 1.15. The first-order valence-electron chi connectivity index (χ1n) is 3.74. The predicted molar refractivity (Wildman–Crippen MR) is 35.7 cm³/mol. The zero-order chi connectivity index (χ0) is 6.53. The van der Waals surface area contributed by atoms with Crippen molar-refractivity contribution in [3.05, 3.63) is 0 Å². The summed E-state index contributed by atoms with van der Waals surface area (Å²) in [5.41, 5.74) is 3.16. The Morgan fingerprint density at radius 2 is 1.89 bits per heavy atom. The summed E-state index contributed by atoms with van der Waals surface area (Å²) < 4.78 is 0. The molecule has 50 valence electrons. The van der Waals surface area contributed by atoms with E-state index in [0.717, 1.165) is 0 Å². The molecule has 0 saturated heterocycles. The molecule has 0 amide bonds. The van der Waals surface area contributed by atoms with Gasteiger partial charge in [0.15, 0.2) is 0 Å². The second-order valence-corrected chi connectivity index (χ2v) is 2.83. The van der Waals surface area contributed by atoms with Crippen molar-refractivity contribution >= 4 is 0 Å². The highest BCUT2D eigenvalue weighted by molar-refractivity contribution is 4.65. The minimum atomic E-state index is 0.667.